The van der Waals surface area contributed by atoms with Crippen molar-refractivity contribution >= 4 is 0 Å². The summed E-state index contributed by atoms with van der Waals surface area (Å²) in [5.74, 6) is 0. The smallest absolute Gasteiger partial charge is 0.0976 e. The highest BCUT2D eigenvalue weighted by Gasteiger charge is 2.19. The van der Waals surface area contributed by atoms with Crippen LogP contribution in [-0.4, -0.2) is 12.1 Å². The van der Waals surface area contributed by atoms with Gasteiger partial charge in [0.1, 0.15) is 0 Å². The molecule has 0 aliphatic carbocycles. The molecule has 96 valence electrons. The number of aryl methyl sites for hydroxylation is 1. The first-order valence-electron chi connectivity index (χ1n) is 6.52. The van der Waals surface area contributed by atoms with Crippen molar-refractivity contribution in [1.82, 2.24) is 0 Å². The lowest BCUT2D eigenvalue weighted by Gasteiger charge is -2.26. The van der Waals surface area contributed by atoms with Gasteiger partial charge in [-0.25, -0.2) is 0 Å². The Morgan fingerprint density at radius 2 is 1.76 bits per heavy atom. The standard InChI is InChI=1S/C15H25NO/c1-5-6-12(3)17-15(13(4)16)14-9-7-11(2)8-10-14/h7-10,12-13,15H,5-6,16H2,1-4H3. The molecule has 0 bridgehead atoms. The Labute approximate surface area is 105 Å². The molecule has 0 spiro atoms. The number of benzene rings is 1. The van der Waals surface area contributed by atoms with Crippen molar-refractivity contribution in [1.29, 1.82) is 0 Å². The molecule has 3 atom stereocenters. The molecule has 0 saturated carbocycles. The van der Waals surface area contributed by atoms with Crippen LogP contribution in [0.4, 0.5) is 0 Å². The quantitative estimate of drug-likeness (QED) is 0.818. The molecule has 0 aromatic heterocycles. The third-order valence-electron chi connectivity index (χ3n) is 2.96. The first-order valence-corrected chi connectivity index (χ1v) is 6.52. The summed E-state index contributed by atoms with van der Waals surface area (Å²) in [4.78, 5) is 0. The van der Waals surface area contributed by atoms with Gasteiger partial charge in [0.15, 0.2) is 0 Å². The van der Waals surface area contributed by atoms with Crippen molar-refractivity contribution in [3.63, 3.8) is 0 Å². The molecule has 0 fully saturated rings. The Hall–Kier alpha value is -0.860. The summed E-state index contributed by atoms with van der Waals surface area (Å²) in [6.07, 6.45) is 2.48. The number of hydrogen-bond donors (Lipinski definition) is 1. The third kappa shape index (κ3) is 4.49. The van der Waals surface area contributed by atoms with Gasteiger partial charge in [-0.05, 0) is 32.8 Å². The third-order valence-corrected chi connectivity index (χ3v) is 2.96. The molecule has 0 aliphatic rings. The summed E-state index contributed by atoms with van der Waals surface area (Å²) in [5, 5.41) is 0. The highest BCUT2D eigenvalue weighted by atomic mass is 16.5. The Kier molecular flexibility index (Phi) is 5.66. The fourth-order valence-electron chi connectivity index (χ4n) is 1.99. The normalized spacial score (nSPS) is 16.5. The first-order chi connectivity index (χ1) is 8.04. The Balaban J connectivity index is 2.75. The van der Waals surface area contributed by atoms with Gasteiger partial charge in [-0.15, -0.1) is 0 Å². The minimum absolute atomic E-state index is 0.00264. The molecule has 0 saturated heterocycles. The molecule has 3 unspecified atom stereocenters. The zero-order valence-corrected chi connectivity index (χ0v) is 11.4. The summed E-state index contributed by atoms with van der Waals surface area (Å²) < 4.78 is 6.05. The average molecular weight is 235 g/mol. The fraction of sp³-hybridized carbons (Fsp3) is 0.600. The maximum absolute atomic E-state index is 6.05. The largest absolute Gasteiger partial charge is 0.369 e. The van der Waals surface area contributed by atoms with E-state index in [-0.39, 0.29) is 18.2 Å². The van der Waals surface area contributed by atoms with Gasteiger partial charge in [0.2, 0.25) is 0 Å². The molecule has 0 radical (unpaired) electrons. The minimum Gasteiger partial charge on any atom is -0.369 e. The van der Waals surface area contributed by atoms with E-state index in [4.69, 9.17) is 10.5 Å². The molecule has 1 aromatic carbocycles. The highest BCUT2D eigenvalue weighted by Crippen LogP contribution is 2.23. The zero-order valence-electron chi connectivity index (χ0n) is 11.4. The van der Waals surface area contributed by atoms with Gasteiger partial charge < -0.3 is 10.5 Å². The lowest BCUT2D eigenvalue weighted by Crippen LogP contribution is -2.29. The van der Waals surface area contributed by atoms with Gasteiger partial charge in [0.25, 0.3) is 0 Å². The maximum atomic E-state index is 6.05. The fourth-order valence-corrected chi connectivity index (χ4v) is 1.99. The second kappa shape index (κ2) is 6.77. The van der Waals surface area contributed by atoms with Crippen molar-refractivity contribution in [2.24, 2.45) is 5.73 Å². The monoisotopic (exact) mass is 235 g/mol. The van der Waals surface area contributed by atoms with Gasteiger partial charge in [0.05, 0.1) is 12.2 Å². The SMILES string of the molecule is CCCC(C)OC(c1ccc(C)cc1)C(C)N. The summed E-state index contributed by atoms with van der Waals surface area (Å²) in [5.41, 5.74) is 8.46. The molecule has 2 heteroatoms. The van der Waals surface area contributed by atoms with Crippen LogP contribution in [0.15, 0.2) is 24.3 Å². The van der Waals surface area contributed by atoms with Crippen LogP contribution in [0.3, 0.4) is 0 Å². The van der Waals surface area contributed by atoms with Crippen molar-refractivity contribution in [3.8, 4) is 0 Å². The second-order valence-corrected chi connectivity index (χ2v) is 4.93. The van der Waals surface area contributed by atoms with Crippen LogP contribution in [0, 0.1) is 6.92 Å². The lowest BCUT2D eigenvalue weighted by molar-refractivity contribution is -0.0186. The van der Waals surface area contributed by atoms with Crippen LogP contribution in [-0.2, 0) is 4.74 Å². The minimum atomic E-state index is -0.00264. The number of hydrogen-bond acceptors (Lipinski definition) is 2. The molecular formula is C15H25NO. The van der Waals surface area contributed by atoms with E-state index in [1.165, 1.54) is 11.1 Å². The van der Waals surface area contributed by atoms with E-state index in [9.17, 15) is 0 Å². The molecule has 0 heterocycles. The van der Waals surface area contributed by atoms with E-state index in [1.54, 1.807) is 0 Å². The number of ether oxygens (including phenoxy) is 1. The topological polar surface area (TPSA) is 35.2 Å². The Morgan fingerprint density at radius 1 is 1.18 bits per heavy atom. The summed E-state index contributed by atoms with van der Waals surface area (Å²) in [6.45, 7) is 8.38. The van der Waals surface area contributed by atoms with Crippen molar-refractivity contribution < 1.29 is 4.74 Å². The lowest BCUT2D eigenvalue weighted by atomic mass is 10.0. The van der Waals surface area contributed by atoms with Gasteiger partial charge in [0, 0.05) is 6.04 Å². The Morgan fingerprint density at radius 3 is 2.24 bits per heavy atom. The van der Waals surface area contributed by atoms with Crippen LogP contribution in [0.1, 0.15) is 50.8 Å². The average Bonchev–Trinajstić information content (AvgIpc) is 2.27. The van der Waals surface area contributed by atoms with Gasteiger partial charge in [-0.3, -0.25) is 0 Å². The molecule has 1 rings (SSSR count). The van der Waals surface area contributed by atoms with Gasteiger partial charge in [-0.1, -0.05) is 43.2 Å². The van der Waals surface area contributed by atoms with Gasteiger partial charge in [-0.2, -0.15) is 0 Å². The van der Waals surface area contributed by atoms with Gasteiger partial charge >= 0.3 is 0 Å². The van der Waals surface area contributed by atoms with Crippen LogP contribution in [0.2, 0.25) is 0 Å². The number of nitrogens with two attached hydrogens (primary N) is 1. The van der Waals surface area contributed by atoms with Crippen LogP contribution >= 0.6 is 0 Å². The van der Waals surface area contributed by atoms with E-state index in [1.807, 2.05) is 6.92 Å². The van der Waals surface area contributed by atoms with Crippen LogP contribution in [0.25, 0.3) is 0 Å². The predicted molar refractivity (Wildman–Crippen MR) is 73.0 cm³/mol. The molecule has 0 amide bonds. The molecule has 0 aliphatic heterocycles. The van der Waals surface area contributed by atoms with E-state index in [2.05, 4.69) is 45.0 Å². The van der Waals surface area contributed by atoms with E-state index >= 15 is 0 Å². The van der Waals surface area contributed by atoms with E-state index < -0.39 is 0 Å². The maximum Gasteiger partial charge on any atom is 0.0976 e. The van der Waals surface area contributed by atoms with Crippen molar-refractivity contribution in [3.05, 3.63) is 35.4 Å². The van der Waals surface area contributed by atoms with E-state index in [0.29, 0.717) is 0 Å². The molecule has 2 nitrogen and oxygen atoms in total. The van der Waals surface area contributed by atoms with Crippen LogP contribution < -0.4 is 5.73 Å². The molecule has 2 N–H and O–H groups in total. The summed E-state index contributed by atoms with van der Waals surface area (Å²) >= 11 is 0. The van der Waals surface area contributed by atoms with E-state index in [0.717, 1.165) is 12.8 Å². The van der Waals surface area contributed by atoms with Crippen LogP contribution in [0.5, 0.6) is 0 Å². The molecular weight excluding hydrogens is 210 g/mol. The summed E-state index contributed by atoms with van der Waals surface area (Å²) in [7, 11) is 0. The number of rotatable bonds is 6. The summed E-state index contributed by atoms with van der Waals surface area (Å²) in [6, 6.07) is 8.46. The van der Waals surface area contributed by atoms with Crippen molar-refractivity contribution in [2.75, 3.05) is 0 Å². The molecule has 17 heavy (non-hydrogen) atoms. The van der Waals surface area contributed by atoms with Crippen molar-refractivity contribution in [2.45, 2.75) is 58.8 Å². The Bertz CT molecular complexity index is 318. The first kappa shape index (κ1) is 14.2. The second-order valence-electron chi connectivity index (χ2n) is 4.93. The predicted octanol–water partition coefficient (Wildman–Crippen LogP) is 3.59. The zero-order chi connectivity index (χ0) is 12.8. The molecule has 1 aromatic rings. The highest BCUT2D eigenvalue weighted by molar-refractivity contribution is 5.24.